The van der Waals surface area contributed by atoms with Crippen LogP contribution in [0.1, 0.15) is 28.8 Å². The second kappa shape index (κ2) is 3.50. The number of benzene rings is 1. The van der Waals surface area contributed by atoms with Gasteiger partial charge in [0.2, 0.25) is 0 Å². The molecule has 3 heteroatoms. The molecular formula is C12H12O3. The average Bonchev–Trinajstić information content (AvgIpc) is 2.99. The van der Waals surface area contributed by atoms with Gasteiger partial charge in [0.25, 0.3) is 0 Å². The largest absolute Gasteiger partial charge is 0.448 e. The fourth-order valence-electron chi connectivity index (χ4n) is 1.41. The molecule has 0 saturated heterocycles. The third kappa shape index (κ3) is 1.91. The Labute approximate surface area is 88.1 Å². The smallest absolute Gasteiger partial charge is 0.339 e. The van der Waals surface area contributed by atoms with Crippen molar-refractivity contribution in [1.29, 1.82) is 0 Å². The van der Waals surface area contributed by atoms with Gasteiger partial charge in [-0.15, -0.1) is 0 Å². The maximum Gasteiger partial charge on any atom is 0.339 e. The van der Waals surface area contributed by atoms with Crippen molar-refractivity contribution in [2.75, 3.05) is 0 Å². The Kier molecular flexibility index (Phi) is 2.31. The Balaban J connectivity index is 2.15. The van der Waals surface area contributed by atoms with Crippen LogP contribution in [-0.4, -0.2) is 17.9 Å². The summed E-state index contributed by atoms with van der Waals surface area (Å²) in [5, 5.41) is 0. The van der Waals surface area contributed by atoms with Crippen molar-refractivity contribution >= 4 is 12.3 Å². The molecule has 78 valence electrons. The standard InChI is InChI=1S/C12H12O3/c1-9-4-2-3-5-10(9)11(14)15-12(8-13)6-7-12/h2-5,8H,6-7H2,1H3. The lowest BCUT2D eigenvalue weighted by atomic mass is 10.1. The van der Waals surface area contributed by atoms with E-state index >= 15 is 0 Å². The average molecular weight is 204 g/mol. The number of esters is 1. The first kappa shape index (κ1) is 9.90. The molecule has 0 spiro atoms. The molecule has 0 N–H and O–H groups in total. The van der Waals surface area contributed by atoms with Crippen LogP contribution in [0.5, 0.6) is 0 Å². The maximum atomic E-state index is 11.7. The zero-order chi connectivity index (χ0) is 10.9. The molecule has 0 aromatic heterocycles. The number of carbonyl (C=O) groups is 2. The Morgan fingerprint density at radius 3 is 2.60 bits per heavy atom. The van der Waals surface area contributed by atoms with E-state index in [2.05, 4.69) is 0 Å². The monoisotopic (exact) mass is 204 g/mol. The van der Waals surface area contributed by atoms with E-state index in [1.807, 2.05) is 19.1 Å². The van der Waals surface area contributed by atoms with Gasteiger partial charge < -0.3 is 4.74 Å². The van der Waals surface area contributed by atoms with Crippen LogP contribution in [0.15, 0.2) is 24.3 Å². The minimum atomic E-state index is -0.820. The van der Waals surface area contributed by atoms with Crippen LogP contribution in [0.4, 0.5) is 0 Å². The Bertz CT molecular complexity index is 405. The molecule has 15 heavy (non-hydrogen) atoms. The quantitative estimate of drug-likeness (QED) is 0.557. The van der Waals surface area contributed by atoms with Crippen molar-refractivity contribution < 1.29 is 14.3 Å². The van der Waals surface area contributed by atoms with Gasteiger partial charge in [0.15, 0.2) is 11.9 Å². The molecule has 0 bridgehead atoms. The molecule has 0 heterocycles. The van der Waals surface area contributed by atoms with Gasteiger partial charge in [0.05, 0.1) is 5.56 Å². The number of aldehydes is 1. The highest BCUT2D eigenvalue weighted by molar-refractivity contribution is 5.92. The summed E-state index contributed by atoms with van der Waals surface area (Å²) < 4.78 is 5.16. The van der Waals surface area contributed by atoms with Gasteiger partial charge in [-0.1, -0.05) is 18.2 Å². The molecule has 0 atom stereocenters. The number of hydrogen-bond donors (Lipinski definition) is 0. The SMILES string of the molecule is Cc1ccccc1C(=O)OC1(C=O)CC1. The molecule has 0 aliphatic heterocycles. The summed E-state index contributed by atoms with van der Waals surface area (Å²) in [5.74, 6) is -0.405. The topological polar surface area (TPSA) is 43.4 Å². The highest BCUT2D eigenvalue weighted by Gasteiger charge is 2.47. The summed E-state index contributed by atoms with van der Waals surface area (Å²) in [6.07, 6.45) is 2.02. The normalized spacial score (nSPS) is 16.9. The fourth-order valence-corrected chi connectivity index (χ4v) is 1.41. The van der Waals surface area contributed by atoms with Crippen molar-refractivity contribution in [2.24, 2.45) is 0 Å². The Morgan fingerprint density at radius 2 is 2.07 bits per heavy atom. The zero-order valence-corrected chi connectivity index (χ0v) is 8.53. The number of carbonyl (C=O) groups excluding carboxylic acids is 2. The lowest BCUT2D eigenvalue weighted by Gasteiger charge is -2.10. The van der Waals surface area contributed by atoms with E-state index in [4.69, 9.17) is 4.74 Å². The first-order valence-corrected chi connectivity index (χ1v) is 4.92. The Morgan fingerprint density at radius 1 is 1.40 bits per heavy atom. The molecule has 1 aliphatic rings. The van der Waals surface area contributed by atoms with E-state index in [0.29, 0.717) is 18.4 Å². The van der Waals surface area contributed by atoms with Crippen LogP contribution in [-0.2, 0) is 9.53 Å². The van der Waals surface area contributed by atoms with Crippen LogP contribution in [0.25, 0.3) is 0 Å². The maximum absolute atomic E-state index is 11.7. The first-order valence-electron chi connectivity index (χ1n) is 4.92. The van der Waals surface area contributed by atoms with Gasteiger partial charge in [0.1, 0.15) is 0 Å². The van der Waals surface area contributed by atoms with E-state index < -0.39 is 11.6 Å². The van der Waals surface area contributed by atoms with Crippen LogP contribution >= 0.6 is 0 Å². The van der Waals surface area contributed by atoms with Crippen molar-refractivity contribution in [2.45, 2.75) is 25.4 Å². The minimum Gasteiger partial charge on any atom is -0.448 e. The molecule has 1 aromatic carbocycles. The van der Waals surface area contributed by atoms with Crippen molar-refractivity contribution in [1.82, 2.24) is 0 Å². The van der Waals surface area contributed by atoms with E-state index in [1.165, 1.54) is 0 Å². The summed E-state index contributed by atoms with van der Waals surface area (Å²) in [6.45, 7) is 1.84. The molecule has 2 rings (SSSR count). The van der Waals surface area contributed by atoms with Crippen molar-refractivity contribution in [3.05, 3.63) is 35.4 Å². The molecular weight excluding hydrogens is 192 g/mol. The summed E-state index contributed by atoms with van der Waals surface area (Å²) in [5.41, 5.74) is 0.578. The van der Waals surface area contributed by atoms with Gasteiger partial charge >= 0.3 is 5.97 Å². The highest BCUT2D eigenvalue weighted by Crippen LogP contribution is 2.38. The second-order valence-corrected chi connectivity index (χ2v) is 3.89. The lowest BCUT2D eigenvalue weighted by Crippen LogP contribution is -2.21. The Hall–Kier alpha value is -1.64. The lowest BCUT2D eigenvalue weighted by molar-refractivity contribution is -0.117. The molecule has 3 nitrogen and oxygen atoms in total. The van der Waals surface area contributed by atoms with E-state index in [0.717, 1.165) is 11.8 Å². The molecule has 0 amide bonds. The van der Waals surface area contributed by atoms with E-state index in [1.54, 1.807) is 12.1 Å². The molecule has 0 unspecified atom stereocenters. The number of ether oxygens (including phenoxy) is 1. The summed E-state index contributed by atoms with van der Waals surface area (Å²) >= 11 is 0. The molecule has 1 aromatic rings. The predicted octanol–water partition coefficient (Wildman–Crippen LogP) is 1.88. The third-order valence-corrected chi connectivity index (χ3v) is 2.62. The molecule has 1 fully saturated rings. The van der Waals surface area contributed by atoms with Crippen LogP contribution < -0.4 is 0 Å². The predicted molar refractivity (Wildman–Crippen MR) is 54.6 cm³/mol. The zero-order valence-electron chi connectivity index (χ0n) is 8.53. The summed E-state index contributed by atoms with van der Waals surface area (Å²) in [6, 6.07) is 7.19. The van der Waals surface area contributed by atoms with Gasteiger partial charge in [-0.2, -0.15) is 0 Å². The third-order valence-electron chi connectivity index (χ3n) is 2.62. The molecule has 1 aliphatic carbocycles. The first-order chi connectivity index (χ1) is 7.17. The van der Waals surface area contributed by atoms with E-state index in [-0.39, 0.29) is 0 Å². The van der Waals surface area contributed by atoms with Gasteiger partial charge in [-0.25, -0.2) is 4.79 Å². The summed E-state index contributed by atoms with van der Waals surface area (Å²) in [4.78, 5) is 22.4. The van der Waals surface area contributed by atoms with Crippen molar-refractivity contribution in [3.63, 3.8) is 0 Å². The van der Waals surface area contributed by atoms with E-state index in [9.17, 15) is 9.59 Å². The van der Waals surface area contributed by atoms with Crippen molar-refractivity contribution in [3.8, 4) is 0 Å². The number of aryl methyl sites for hydroxylation is 1. The van der Waals surface area contributed by atoms with Crippen LogP contribution in [0, 0.1) is 6.92 Å². The van der Waals surface area contributed by atoms with Gasteiger partial charge in [-0.05, 0) is 31.4 Å². The highest BCUT2D eigenvalue weighted by atomic mass is 16.6. The number of rotatable bonds is 3. The molecule has 1 saturated carbocycles. The minimum absolute atomic E-state index is 0.405. The van der Waals surface area contributed by atoms with Gasteiger partial charge in [0, 0.05) is 0 Å². The van der Waals surface area contributed by atoms with Crippen LogP contribution in [0.3, 0.4) is 0 Å². The number of hydrogen-bond acceptors (Lipinski definition) is 3. The summed E-state index contributed by atoms with van der Waals surface area (Å²) in [7, 11) is 0. The fraction of sp³-hybridized carbons (Fsp3) is 0.333. The van der Waals surface area contributed by atoms with Gasteiger partial charge in [-0.3, -0.25) is 4.79 Å². The molecule has 0 radical (unpaired) electrons. The van der Waals surface area contributed by atoms with Crippen LogP contribution in [0.2, 0.25) is 0 Å². The second-order valence-electron chi connectivity index (χ2n) is 3.89.